The molecule has 4 N–H and O–H groups in total. The smallest absolute Gasteiger partial charge is 0.155 e. The Morgan fingerprint density at radius 3 is 1.48 bits per heavy atom. The molecule has 650 valence electrons. The van der Waals surface area contributed by atoms with E-state index >= 15 is 0 Å². The van der Waals surface area contributed by atoms with Crippen LogP contribution in [-0.2, 0) is 165 Å². The molecule has 0 aliphatic rings. The Balaban J connectivity index is 0.000000303. The third-order valence-electron chi connectivity index (χ3n) is 17.3. The van der Waals surface area contributed by atoms with Crippen LogP contribution in [0.2, 0.25) is 0 Å². The molecule has 11 heterocycles. The van der Waals surface area contributed by atoms with Gasteiger partial charge in [-0.2, -0.15) is 12.1 Å². The molecule has 22 nitrogen and oxygen atoms in total. The number of furan rings is 2. The molecule has 0 atom stereocenters. The van der Waals surface area contributed by atoms with Crippen LogP contribution in [0.3, 0.4) is 0 Å². The number of methoxy groups -OCH3 is 1. The number of aromatic nitrogens is 12. The molecule has 5 aromatic carbocycles. The number of benzene rings is 5. The summed E-state index contributed by atoms with van der Waals surface area (Å²) in [7, 11) is 13.5. The van der Waals surface area contributed by atoms with Crippen LogP contribution in [0.15, 0.2) is 287 Å². The third-order valence-corrected chi connectivity index (χ3v) is 18.8. The molecule has 0 aliphatic carbocycles. The maximum absolute atomic E-state index is 10.0. The molecular formula is C94H91Ir4N12O10PtS2-5. The summed E-state index contributed by atoms with van der Waals surface area (Å²) < 4.78 is 28.8. The summed E-state index contributed by atoms with van der Waals surface area (Å²) in [5, 5.41) is 38.7. The molecule has 4 radical (unpaired) electrons. The van der Waals surface area contributed by atoms with Crippen LogP contribution in [0.5, 0.6) is 5.75 Å². The van der Waals surface area contributed by atoms with E-state index in [1.165, 1.54) is 70.2 Å². The van der Waals surface area contributed by atoms with Crippen LogP contribution >= 0.6 is 22.7 Å². The second kappa shape index (κ2) is 52.6. The maximum atomic E-state index is 10.0. The van der Waals surface area contributed by atoms with Crippen molar-refractivity contribution >= 4 is 40.0 Å². The van der Waals surface area contributed by atoms with Gasteiger partial charge in [0.2, 0.25) is 0 Å². The van der Waals surface area contributed by atoms with Gasteiger partial charge in [-0.3, -0.25) is 29.3 Å². The number of carbonyl (C=O) groups is 3. The fraction of sp³-hybridized carbons (Fsp3) is 0.160. The van der Waals surface area contributed by atoms with Crippen molar-refractivity contribution in [1.82, 2.24) is 57.3 Å². The molecule has 29 heteroatoms. The fourth-order valence-corrected chi connectivity index (χ4v) is 13.3. The van der Waals surface area contributed by atoms with E-state index in [0.717, 1.165) is 130 Å². The molecule has 123 heavy (non-hydrogen) atoms. The van der Waals surface area contributed by atoms with E-state index in [1.54, 1.807) is 67.0 Å². The van der Waals surface area contributed by atoms with E-state index in [1.807, 2.05) is 243 Å². The molecule has 0 aliphatic heterocycles. The van der Waals surface area contributed by atoms with E-state index in [-0.39, 0.29) is 143 Å². The number of aliphatic hydroxyl groups is 4. The number of hydrogen-bond acceptors (Lipinski definition) is 18. The van der Waals surface area contributed by atoms with E-state index in [2.05, 4.69) is 99.3 Å². The van der Waals surface area contributed by atoms with E-state index < -0.39 is 0 Å². The van der Waals surface area contributed by atoms with Gasteiger partial charge >= 0.3 is 0 Å². The van der Waals surface area contributed by atoms with Crippen molar-refractivity contribution in [3.63, 3.8) is 0 Å². The summed E-state index contributed by atoms with van der Waals surface area (Å²) in [6.07, 6.45) is 30.0. The SMILES string of the molecule is CC(=O)C=C(C)O.CC(=O)C=C(C)O.CC(=O)C=C(C)O.COc1cccc(CO)c1-c1cc(-c2nccn2C)[c-]n1C.Cc1cnc(-c2[c-]oc(-c3ccccc3)c2-c2ccccc2)n1C.Cn1c[c-]c(-c2cscn2)c1-c1ccccc1.Cn1ccnc1-c1[c-]coc1-c1ccccc1.Cn1ccnc1-c1[c-]csc1-c1ccncc1.[Ir].[Ir].[Ir].[Ir].[Pt]. The molecule has 0 unspecified atom stereocenters. The number of nitrogens with zero attached hydrogens (tertiary/aromatic N) is 12. The standard InChI is InChI=1S/C21H17N2O.C17H18N3O2.C14H11N2O.C14H11N2S.C13H10N3S.3C5H8O2.4Ir.Pt/c1-15-13-22-21(23(15)2)18-14-24-20(17-11-7-4-8-12-17)19(18)16-9-5-3-6-10-16;1-19-8-7-18-17(19)13-9-14(20(2)10-13)16-12(11-21)5-4-6-15(16)22-3;1-16-9-8-15-14(16)12-7-10-17-13(12)11-5-3-2-4-6-11;1-16-8-7-12(13-9-17-10-15-13)14(16)11-5-3-2-4-6-11;1-16-8-7-15-13(16)11-4-9-17-12(11)10-2-5-14-6-3-10;3*1-4(6)3-5(2)7;;;;;/h3-13H,1-2H3;4-9,21H,11H2,1-3H3;2*2-6,8-10H,1H3;2-3,5-9H,1H3;3*3,6H,1-2H3;;;;;/q5*-1;;;;;;;;. The molecule has 0 amide bonds. The average molecular weight is 2580 g/mol. The second-order valence-electron chi connectivity index (χ2n) is 26.5. The number of aryl methyl sites for hydroxylation is 6. The van der Waals surface area contributed by atoms with Crippen molar-refractivity contribution in [2.75, 3.05) is 7.11 Å². The molecule has 0 saturated heterocycles. The molecule has 16 rings (SSSR count). The van der Waals surface area contributed by atoms with Gasteiger partial charge in [-0.25, -0.2) is 11.3 Å². The number of pyridine rings is 1. The first-order valence-electron chi connectivity index (χ1n) is 36.9. The predicted molar refractivity (Wildman–Crippen MR) is 465 cm³/mol. The Morgan fingerprint density at radius 1 is 0.520 bits per heavy atom. The van der Waals surface area contributed by atoms with Gasteiger partial charge in [0.1, 0.15) is 5.75 Å². The van der Waals surface area contributed by atoms with Crippen molar-refractivity contribution < 1.29 is 150 Å². The van der Waals surface area contributed by atoms with Gasteiger partial charge in [0, 0.05) is 231 Å². The van der Waals surface area contributed by atoms with E-state index in [9.17, 15) is 19.5 Å². The average Bonchev–Trinajstić information content (AvgIpc) is 1.62. The number of ketones is 3. The van der Waals surface area contributed by atoms with Crippen molar-refractivity contribution in [2.24, 2.45) is 42.3 Å². The van der Waals surface area contributed by atoms with Crippen molar-refractivity contribution in [3.05, 3.63) is 320 Å². The van der Waals surface area contributed by atoms with Crippen LogP contribution in [0.4, 0.5) is 0 Å². The monoisotopic (exact) mass is 2580 g/mol. The second-order valence-corrected chi connectivity index (χ2v) is 28.1. The first-order valence-corrected chi connectivity index (χ1v) is 38.7. The van der Waals surface area contributed by atoms with Crippen LogP contribution in [0, 0.1) is 37.6 Å². The van der Waals surface area contributed by atoms with Gasteiger partial charge in [0.25, 0.3) is 0 Å². The quantitative estimate of drug-likeness (QED) is 0.0397. The summed E-state index contributed by atoms with van der Waals surface area (Å²) in [5.74, 6) is 5.67. The number of hydrogen-bond donors (Lipinski definition) is 4. The number of aliphatic hydroxyl groups excluding tert-OH is 4. The van der Waals surface area contributed by atoms with Crippen molar-refractivity contribution in [1.29, 1.82) is 0 Å². The van der Waals surface area contributed by atoms with Gasteiger partial charge in [-0.1, -0.05) is 201 Å². The summed E-state index contributed by atoms with van der Waals surface area (Å²) in [6, 6.07) is 62.0. The third kappa shape index (κ3) is 29.7. The number of imidazole rings is 4. The summed E-state index contributed by atoms with van der Waals surface area (Å²) in [4.78, 5) is 57.2. The largest absolute Gasteiger partial charge is 0.557 e. The van der Waals surface area contributed by atoms with Gasteiger partial charge in [0.15, 0.2) is 17.3 Å². The maximum Gasteiger partial charge on any atom is 0.155 e. The zero-order valence-corrected chi connectivity index (χ0v) is 83.1. The van der Waals surface area contributed by atoms with Crippen LogP contribution in [0.25, 0.3) is 124 Å². The summed E-state index contributed by atoms with van der Waals surface area (Å²) in [6.45, 7) is 10.5. The topological polar surface area (TPSA) is 275 Å². The predicted octanol–water partition coefficient (Wildman–Crippen LogP) is 20.4. The molecule has 11 aromatic heterocycles. The minimum absolute atomic E-state index is 0. The summed E-state index contributed by atoms with van der Waals surface area (Å²) in [5.41, 5.74) is 19.1. The number of ether oxygens (including phenoxy) is 1. The van der Waals surface area contributed by atoms with Crippen molar-refractivity contribution in [3.8, 4) is 129 Å². The Bertz CT molecular complexity index is 5760. The van der Waals surface area contributed by atoms with Crippen LogP contribution in [-0.4, -0.2) is 102 Å². The number of allylic oxidation sites excluding steroid dienone is 6. The Labute approximate surface area is 793 Å². The molecular weight excluding hydrogens is 2490 g/mol. The van der Waals surface area contributed by atoms with E-state index in [4.69, 9.17) is 28.9 Å². The number of rotatable bonds is 16. The minimum atomic E-state index is -0.125. The van der Waals surface area contributed by atoms with E-state index in [0.29, 0.717) is 0 Å². The number of thiophene rings is 1. The van der Waals surface area contributed by atoms with Crippen LogP contribution in [0.1, 0.15) is 52.8 Å². The Morgan fingerprint density at radius 2 is 1.02 bits per heavy atom. The molecule has 16 aromatic rings. The first kappa shape index (κ1) is 105. The van der Waals surface area contributed by atoms with Gasteiger partial charge < -0.3 is 76.4 Å². The minimum Gasteiger partial charge on any atom is -0.557 e. The first-order chi connectivity index (χ1) is 56.9. The molecule has 0 fully saturated rings. The van der Waals surface area contributed by atoms with Gasteiger partial charge in [-0.15, -0.1) is 40.2 Å². The van der Waals surface area contributed by atoms with Crippen molar-refractivity contribution in [2.45, 2.75) is 55.1 Å². The Hall–Kier alpha value is -10.8. The number of carbonyl (C=O) groups excluding carboxylic acids is 3. The van der Waals surface area contributed by atoms with Gasteiger partial charge in [0.05, 0.1) is 48.2 Å². The summed E-state index contributed by atoms with van der Waals surface area (Å²) >= 11 is 3.28. The Kier molecular flexibility index (Phi) is 44.7. The molecule has 0 spiro atoms. The normalized spacial score (nSPS) is 10.4. The van der Waals surface area contributed by atoms with Crippen LogP contribution < -0.4 is 4.74 Å². The molecule has 0 saturated carbocycles. The number of thiazole rings is 1. The molecule has 0 bridgehead atoms. The zero-order valence-electron chi connectivity index (χ0n) is 69.6. The zero-order chi connectivity index (χ0) is 84.8. The van der Waals surface area contributed by atoms with Gasteiger partial charge in [-0.05, 0) is 128 Å². The fourth-order valence-electron chi connectivity index (χ4n) is 12.0.